The quantitative estimate of drug-likeness (QED) is 0.751. The van der Waals surface area contributed by atoms with Gasteiger partial charge in [-0.3, -0.25) is 4.79 Å². The van der Waals surface area contributed by atoms with Crippen molar-refractivity contribution in [3.05, 3.63) is 24.3 Å². The van der Waals surface area contributed by atoms with Gasteiger partial charge in [0.2, 0.25) is 0 Å². The maximum atomic E-state index is 12.0. The molecule has 3 nitrogen and oxygen atoms in total. The Bertz CT molecular complexity index is 565. The summed E-state index contributed by atoms with van der Waals surface area (Å²) in [6.45, 7) is 10.3. The first-order chi connectivity index (χ1) is 10.7. The fourth-order valence-corrected chi connectivity index (χ4v) is 6.08. The minimum Gasteiger partial charge on any atom is -0.481 e. The smallest absolute Gasteiger partial charge is 0.309 e. The molecule has 0 aromatic heterocycles. The number of aliphatic hydroxyl groups is 1. The van der Waals surface area contributed by atoms with Crippen molar-refractivity contribution < 1.29 is 15.0 Å². The van der Waals surface area contributed by atoms with Gasteiger partial charge in [-0.15, -0.1) is 6.58 Å². The van der Waals surface area contributed by atoms with E-state index in [9.17, 15) is 15.0 Å². The molecule has 2 fully saturated rings. The number of hydrogen-bond donors (Lipinski definition) is 2. The molecule has 0 heterocycles. The van der Waals surface area contributed by atoms with Gasteiger partial charge in [0.25, 0.3) is 0 Å². The molecule has 3 aliphatic rings. The second-order valence-electron chi connectivity index (χ2n) is 8.85. The number of carboxylic acids is 1. The van der Waals surface area contributed by atoms with Gasteiger partial charge >= 0.3 is 5.97 Å². The van der Waals surface area contributed by atoms with Crippen molar-refractivity contribution >= 4 is 5.97 Å². The normalized spacial score (nSPS) is 49.6. The summed E-state index contributed by atoms with van der Waals surface area (Å²) in [5.41, 5.74) is 0.424. The number of allylic oxidation sites excluding steroid dienone is 2. The van der Waals surface area contributed by atoms with E-state index in [1.807, 2.05) is 13.0 Å². The maximum absolute atomic E-state index is 12.0. The first-order valence-electron chi connectivity index (χ1n) is 8.93. The van der Waals surface area contributed by atoms with Crippen molar-refractivity contribution in [1.29, 1.82) is 0 Å². The van der Waals surface area contributed by atoms with Gasteiger partial charge in [0.1, 0.15) is 0 Å². The Balaban J connectivity index is 2.06. The van der Waals surface area contributed by atoms with Crippen LogP contribution in [0.5, 0.6) is 0 Å². The predicted molar refractivity (Wildman–Crippen MR) is 90.9 cm³/mol. The lowest BCUT2D eigenvalue weighted by Gasteiger charge is -2.60. The third kappa shape index (κ3) is 2.31. The summed E-state index contributed by atoms with van der Waals surface area (Å²) in [4.78, 5) is 12.0. The lowest BCUT2D eigenvalue weighted by Crippen LogP contribution is -2.59. The lowest BCUT2D eigenvalue weighted by atomic mass is 9.44. The number of hydrogen-bond acceptors (Lipinski definition) is 2. The van der Waals surface area contributed by atoms with Crippen LogP contribution in [0.4, 0.5) is 0 Å². The van der Waals surface area contributed by atoms with Crippen molar-refractivity contribution in [3.63, 3.8) is 0 Å². The highest BCUT2D eigenvalue weighted by atomic mass is 16.4. The minimum atomic E-state index is -0.808. The first-order valence-corrected chi connectivity index (χ1v) is 8.93. The van der Waals surface area contributed by atoms with E-state index in [4.69, 9.17) is 0 Å². The average molecular weight is 318 g/mol. The summed E-state index contributed by atoms with van der Waals surface area (Å²) in [5.74, 6) is -0.494. The van der Waals surface area contributed by atoms with Crippen molar-refractivity contribution in [1.82, 2.24) is 0 Å². The van der Waals surface area contributed by atoms with E-state index in [1.54, 1.807) is 0 Å². The second-order valence-corrected chi connectivity index (χ2v) is 8.85. The molecule has 0 radical (unpaired) electrons. The molecule has 3 rings (SSSR count). The van der Waals surface area contributed by atoms with Gasteiger partial charge in [-0.1, -0.05) is 38.0 Å². The summed E-state index contributed by atoms with van der Waals surface area (Å²) >= 11 is 0. The molecule has 0 spiro atoms. The highest BCUT2D eigenvalue weighted by Crippen LogP contribution is 2.63. The Hall–Kier alpha value is -1.09. The molecule has 6 atom stereocenters. The third-order valence-electron chi connectivity index (χ3n) is 7.32. The Morgan fingerprint density at radius 2 is 2.00 bits per heavy atom. The van der Waals surface area contributed by atoms with E-state index in [0.717, 1.165) is 25.7 Å². The van der Waals surface area contributed by atoms with E-state index in [-0.39, 0.29) is 16.7 Å². The Labute approximate surface area is 139 Å². The molecule has 0 aromatic rings. The van der Waals surface area contributed by atoms with Crippen LogP contribution in [-0.2, 0) is 4.79 Å². The van der Waals surface area contributed by atoms with Gasteiger partial charge in [0.05, 0.1) is 11.5 Å². The molecule has 0 aliphatic heterocycles. The summed E-state index contributed by atoms with van der Waals surface area (Å²) in [6, 6.07) is 0. The van der Waals surface area contributed by atoms with Gasteiger partial charge in [0.15, 0.2) is 0 Å². The molecule has 128 valence electrons. The van der Waals surface area contributed by atoms with Crippen LogP contribution in [0, 0.1) is 28.1 Å². The number of aliphatic hydroxyl groups excluding tert-OH is 1. The van der Waals surface area contributed by atoms with Crippen LogP contribution in [0.15, 0.2) is 24.3 Å². The lowest BCUT2D eigenvalue weighted by molar-refractivity contribution is -0.177. The highest BCUT2D eigenvalue weighted by molar-refractivity contribution is 5.75. The van der Waals surface area contributed by atoms with Crippen LogP contribution in [-0.4, -0.2) is 22.3 Å². The summed E-state index contributed by atoms with van der Waals surface area (Å²) in [5, 5.41) is 20.8. The van der Waals surface area contributed by atoms with E-state index >= 15 is 0 Å². The third-order valence-corrected chi connectivity index (χ3v) is 7.32. The molecule has 6 unspecified atom stereocenters. The van der Waals surface area contributed by atoms with Crippen LogP contribution in [0.1, 0.15) is 59.3 Å². The standard InChI is InChI=1S/C20H30O3/c1-5-18(2)10-7-14-13(12-18)11-15(21)16-19(14,3)8-6-9-20(16,4)17(22)23/h5,12,14-16,21H,1,6-11H2,2-4H3,(H,22,23). The SMILES string of the molecule is C=CC1(C)C=C2CC(O)C3C(C)(C(=O)O)CCCC3(C)C2CC1. The van der Waals surface area contributed by atoms with E-state index < -0.39 is 17.5 Å². The van der Waals surface area contributed by atoms with Crippen molar-refractivity contribution in [2.24, 2.45) is 28.1 Å². The minimum absolute atomic E-state index is 0.0134. The molecule has 2 N–H and O–H groups in total. The van der Waals surface area contributed by atoms with E-state index in [0.29, 0.717) is 18.8 Å². The van der Waals surface area contributed by atoms with Crippen LogP contribution in [0.25, 0.3) is 0 Å². The number of aliphatic carboxylic acids is 1. The molecule has 0 saturated heterocycles. The summed E-state index contributed by atoms with van der Waals surface area (Å²) < 4.78 is 0. The maximum Gasteiger partial charge on any atom is 0.309 e. The van der Waals surface area contributed by atoms with E-state index in [2.05, 4.69) is 26.5 Å². The molecule has 0 bridgehead atoms. The number of carbonyl (C=O) groups is 1. The first kappa shape index (κ1) is 16.8. The molecular weight excluding hydrogens is 288 g/mol. The fourth-order valence-electron chi connectivity index (χ4n) is 6.08. The molecule has 3 heteroatoms. The van der Waals surface area contributed by atoms with Gasteiger partial charge in [-0.2, -0.15) is 0 Å². The molecule has 23 heavy (non-hydrogen) atoms. The number of rotatable bonds is 2. The molecule has 0 aromatic carbocycles. The van der Waals surface area contributed by atoms with Crippen LogP contribution in [0.2, 0.25) is 0 Å². The Morgan fingerprint density at radius 1 is 1.30 bits per heavy atom. The van der Waals surface area contributed by atoms with E-state index in [1.165, 1.54) is 5.57 Å². The number of fused-ring (bicyclic) bond motifs is 3. The summed E-state index contributed by atoms with van der Waals surface area (Å²) in [7, 11) is 0. The zero-order valence-electron chi connectivity index (χ0n) is 14.6. The van der Waals surface area contributed by atoms with Crippen LogP contribution in [0.3, 0.4) is 0 Å². The van der Waals surface area contributed by atoms with Gasteiger partial charge in [0, 0.05) is 11.3 Å². The Kier molecular flexibility index (Phi) is 3.79. The molecular formula is C20H30O3. The van der Waals surface area contributed by atoms with Crippen LogP contribution >= 0.6 is 0 Å². The fraction of sp³-hybridized carbons (Fsp3) is 0.750. The molecule has 3 aliphatic carbocycles. The predicted octanol–water partition coefficient (Wildman–Crippen LogP) is 4.18. The highest BCUT2D eigenvalue weighted by Gasteiger charge is 2.61. The topological polar surface area (TPSA) is 57.5 Å². The van der Waals surface area contributed by atoms with Crippen molar-refractivity contribution in [3.8, 4) is 0 Å². The van der Waals surface area contributed by atoms with Crippen molar-refractivity contribution in [2.75, 3.05) is 0 Å². The Morgan fingerprint density at radius 3 is 2.61 bits per heavy atom. The van der Waals surface area contributed by atoms with Crippen molar-refractivity contribution in [2.45, 2.75) is 65.4 Å². The average Bonchev–Trinajstić information content (AvgIpc) is 2.46. The largest absolute Gasteiger partial charge is 0.481 e. The summed E-state index contributed by atoms with van der Waals surface area (Å²) in [6.07, 6.45) is 9.15. The zero-order valence-corrected chi connectivity index (χ0v) is 14.6. The van der Waals surface area contributed by atoms with Gasteiger partial charge in [-0.25, -0.2) is 0 Å². The molecule has 0 amide bonds. The van der Waals surface area contributed by atoms with Crippen LogP contribution < -0.4 is 0 Å². The number of carboxylic acid groups (broad SMARTS) is 1. The monoisotopic (exact) mass is 318 g/mol. The second kappa shape index (κ2) is 5.20. The zero-order chi connectivity index (χ0) is 17.0. The van der Waals surface area contributed by atoms with Gasteiger partial charge < -0.3 is 10.2 Å². The molecule has 2 saturated carbocycles. The van der Waals surface area contributed by atoms with Gasteiger partial charge in [-0.05, 0) is 50.4 Å².